The molecule has 0 saturated heterocycles. The van der Waals surface area contributed by atoms with Gasteiger partial charge < -0.3 is 10.6 Å². The van der Waals surface area contributed by atoms with Crippen molar-refractivity contribution in [3.05, 3.63) is 30.1 Å². The van der Waals surface area contributed by atoms with Gasteiger partial charge in [-0.3, -0.25) is 9.78 Å². The standard InChI is InChI=1S/C8H9N3O2/c1-13-11-7(8(9)12)6-2-4-10-5-3-6/h2-5H,1H3,(H2,9,12). The molecular formula is C8H9N3O2. The average molecular weight is 179 g/mol. The molecular weight excluding hydrogens is 170 g/mol. The zero-order valence-electron chi connectivity index (χ0n) is 7.10. The zero-order chi connectivity index (χ0) is 9.68. The molecule has 0 radical (unpaired) electrons. The molecule has 13 heavy (non-hydrogen) atoms. The smallest absolute Gasteiger partial charge is 0.271 e. The summed E-state index contributed by atoms with van der Waals surface area (Å²) in [5.41, 5.74) is 5.76. The summed E-state index contributed by atoms with van der Waals surface area (Å²) < 4.78 is 0. The van der Waals surface area contributed by atoms with Gasteiger partial charge in [-0.25, -0.2) is 0 Å². The molecule has 0 bridgehead atoms. The molecule has 5 heteroatoms. The minimum atomic E-state index is -0.631. The maximum absolute atomic E-state index is 10.9. The van der Waals surface area contributed by atoms with Gasteiger partial charge in [0.25, 0.3) is 5.91 Å². The van der Waals surface area contributed by atoms with E-state index in [9.17, 15) is 4.79 Å². The summed E-state index contributed by atoms with van der Waals surface area (Å²) in [5, 5.41) is 3.51. The number of rotatable bonds is 3. The Bertz CT molecular complexity index is 321. The maximum Gasteiger partial charge on any atom is 0.271 e. The quantitative estimate of drug-likeness (QED) is 0.520. The third-order valence-electron chi connectivity index (χ3n) is 1.37. The first-order chi connectivity index (χ1) is 6.25. The van der Waals surface area contributed by atoms with E-state index in [1.165, 1.54) is 7.11 Å². The first-order valence-corrected chi connectivity index (χ1v) is 3.57. The average Bonchev–Trinajstić information content (AvgIpc) is 2.15. The van der Waals surface area contributed by atoms with Gasteiger partial charge in [-0.15, -0.1) is 0 Å². The van der Waals surface area contributed by atoms with Gasteiger partial charge in [0.2, 0.25) is 0 Å². The first-order valence-electron chi connectivity index (χ1n) is 3.57. The highest BCUT2D eigenvalue weighted by Crippen LogP contribution is 1.99. The largest absolute Gasteiger partial charge is 0.398 e. The van der Waals surface area contributed by atoms with Crippen LogP contribution < -0.4 is 5.73 Å². The van der Waals surface area contributed by atoms with Crippen LogP contribution in [0.4, 0.5) is 0 Å². The number of hydrogen-bond donors (Lipinski definition) is 1. The van der Waals surface area contributed by atoms with Crippen LogP contribution >= 0.6 is 0 Å². The fourth-order valence-corrected chi connectivity index (χ4v) is 0.841. The molecule has 0 atom stereocenters. The van der Waals surface area contributed by atoms with Crippen molar-refractivity contribution in [3.8, 4) is 0 Å². The molecule has 0 saturated carbocycles. The van der Waals surface area contributed by atoms with Crippen LogP contribution in [-0.4, -0.2) is 23.7 Å². The molecule has 1 heterocycles. The van der Waals surface area contributed by atoms with Crippen LogP contribution in [0, 0.1) is 0 Å². The van der Waals surface area contributed by atoms with Gasteiger partial charge in [0.05, 0.1) is 0 Å². The van der Waals surface area contributed by atoms with Crippen LogP contribution in [0.2, 0.25) is 0 Å². The highest BCUT2D eigenvalue weighted by atomic mass is 16.6. The Hall–Kier alpha value is -1.91. The van der Waals surface area contributed by atoms with E-state index in [2.05, 4.69) is 15.0 Å². The molecule has 0 aromatic carbocycles. The molecule has 0 aliphatic carbocycles. The second kappa shape index (κ2) is 4.20. The molecule has 1 rings (SSSR count). The Morgan fingerprint density at radius 3 is 2.62 bits per heavy atom. The van der Waals surface area contributed by atoms with Crippen LogP contribution in [0.5, 0.6) is 0 Å². The minimum absolute atomic E-state index is 0.0879. The fourth-order valence-electron chi connectivity index (χ4n) is 0.841. The molecule has 0 aliphatic heterocycles. The topological polar surface area (TPSA) is 77.6 Å². The van der Waals surface area contributed by atoms with Crippen molar-refractivity contribution < 1.29 is 9.63 Å². The van der Waals surface area contributed by atoms with Crippen LogP contribution in [0.3, 0.4) is 0 Å². The zero-order valence-corrected chi connectivity index (χ0v) is 7.10. The van der Waals surface area contributed by atoms with Crippen molar-refractivity contribution in [3.63, 3.8) is 0 Å². The van der Waals surface area contributed by atoms with E-state index < -0.39 is 5.91 Å². The summed E-state index contributed by atoms with van der Waals surface area (Å²) >= 11 is 0. The van der Waals surface area contributed by atoms with Gasteiger partial charge in [0.15, 0.2) is 5.71 Å². The van der Waals surface area contributed by atoms with Crippen molar-refractivity contribution in [2.24, 2.45) is 10.9 Å². The Morgan fingerprint density at radius 1 is 1.54 bits per heavy atom. The van der Waals surface area contributed by atoms with Crippen LogP contribution in [-0.2, 0) is 9.63 Å². The van der Waals surface area contributed by atoms with Crippen LogP contribution in [0.25, 0.3) is 0 Å². The molecule has 68 valence electrons. The fraction of sp³-hybridized carbons (Fsp3) is 0.125. The first kappa shape index (κ1) is 9.18. The molecule has 0 fully saturated rings. The van der Waals surface area contributed by atoms with Crippen molar-refractivity contribution in [1.29, 1.82) is 0 Å². The molecule has 0 aliphatic rings. The number of nitrogens with two attached hydrogens (primary N) is 1. The Morgan fingerprint density at radius 2 is 2.15 bits per heavy atom. The van der Waals surface area contributed by atoms with E-state index in [1.54, 1.807) is 24.5 Å². The highest BCUT2D eigenvalue weighted by molar-refractivity contribution is 6.44. The van der Waals surface area contributed by atoms with Crippen molar-refractivity contribution in [1.82, 2.24) is 4.98 Å². The van der Waals surface area contributed by atoms with Gasteiger partial charge >= 0.3 is 0 Å². The van der Waals surface area contributed by atoms with E-state index in [0.29, 0.717) is 5.56 Å². The molecule has 1 aromatic rings. The lowest BCUT2D eigenvalue weighted by molar-refractivity contribution is -0.112. The molecule has 0 unspecified atom stereocenters. The highest BCUT2D eigenvalue weighted by Gasteiger charge is 2.09. The maximum atomic E-state index is 10.9. The number of aromatic nitrogens is 1. The number of primary amides is 1. The van der Waals surface area contributed by atoms with Gasteiger partial charge in [0, 0.05) is 18.0 Å². The van der Waals surface area contributed by atoms with E-state index in [1.807, 2.05) is 0 Å². The van der Waals surface area contributed by atoms with E-state index in [0.717, 1.165) is 0 Å². The van der Waals surface area contributed by atoms with Crippen LogP contribution in [0.1, 0.15) is 5.56 Å². The lowest BCUT2D eigenvalue weighted by Gasteiger charge is -1.99. The number of pyridine rings is 1. The van der Waals surface area contributed by atoms with E-state index in [4.69, 9.17) is 5.73 Å². The van der Waals surface area contributed by atoms with Gasteiger partial charge in [-0.05, 0) is 12.1 Å². The van der Waals surface area contributed by atoms with Gasteiger partial charge in [0.1, 0.15) is 7.11 Å². The summed E-state index contributed by atoms with van der Waals surface area (Å²) in [6, 6.07) is 3.26. The summed E-state index contributed by atoms with van der Waals surface area (Å²) in [7, 11) is 1.35. The number of hydrogen-bond acceptors (Lipinski definition) is 4. The number of amides is 1. The summed E-state index contributed by atoms with van der Waals surface area (Å²) in [6.07, 6.45) is 3.09. The monoisotopic (exact) mass is 179 g/mol. The predicted molar refractivity (Wildman–Crippen MR) is 47.0 cm³/mol. The lowest BCUT2D eigenvalue weighted by atomic mass is 10.1. The second-order valence-corrected chi connectivity index (χ2v) is 2.22. The van der Waals surface area contributed by atoms with Crippen molar-refractivity contribution in [2.45, 2.75) is 0 Å². The van der Waals surface area contributed by atoms with Crippen LogP contribution in [0.15, 0.2) is 29.7 Å². The number of oxime groups is 1. The molecule has 5 nitrogen and oxygen atoms in total. The van der Waals surface area contributed by atoms with Crippen molar-refractivity contribution in [2.75, 3.05) is 7.11 Å². The van der Waals surface area contributed by atoms with E-state index >= 15 is 0 Å². The third kappa shape index (κ3) is 2.26. The minimum Gasteiger partial charge on any atom is -0.398 e. The predicted octanol–water partition coefficient (Wildman–Crippen LogP) is -0.0826. The Kier molecular flexibility index (Phi) is 2.97. The van der Waals surface area contributed by atoms with Gasteiger partial charge in [-0.2, -0.15) is 0 Å². The Balaban J connectivity index is 3.03. The summed E-state index contributed by atoms with van der Waals surface area (Å²) in [5.74, 6) is -0.631. The van der Waals surface area contributed by atoms with E-state index in [-0.39, 0.29) is 5.71 Å². The third-order valence-corrected chi connectivity index (χ3v) is 1.37. The lowest BCUT2D eigenvalue weighted by Crippen LogP contribution is -2.24. The molecule has 2 N–H and O–H groups in total. The number of carbonyl (C=O) groups is 1. The molecule has 0 spiro atoms. The summed E-state index contributed by atoms with van der Waals surface area (Å²) in [4.78, 5) is 19.2. The van der Waals surface area contributed by atoms with Crippen molar-refractivity contribution >= 4 is 11.6 Å². The summed E-state index contributed by atoms with van der Waals surface area (Å²) in [6.45, 7) is 0. The van der Waals surface area contributed by atoms with Gasteiger partial charge in [-0.1, -0.05) is 5.16 Å². The second-order valence-electron chi connectivity index (χ2n) is 2.22. The molecule has 1 amide bonds. The number of nitrogens with zero attached hydrogens (tertiary/aromatic N) is 2. The Labute approximate surface area is 75.2 Å². The molecule has 1 aromatic heterocycles. The normalized spacial score (nSPS) is 11.0. The number of carbonyl (C=O) groups excluding carboxylic acids is 1. The SMILES string of the molecule is CON=C(C(N)=O)c1ccncc1.